The Morgan fingerprint density at radius 1 is 0.480 bits per heavy atom. The third-order valence-corrected chi connectivity index (χ3v) is 6.91. The van der Waals surface area contributed by atoms with E-state index in [0.717, 1.165) is 22.9 Å². The predicted octanol–water partition coefficient (Wildman–Crippen LogP) is 9.05. The van der Waals surface area contributed by atoms with Gasteiger partial charge in [0.1, 0.15) is 40.0 Å². The standard InChI is InChI=1S/C16H10N4O6.C16H11N3O4.Fe/c21-14-6-5-9-3-1-2-4-11(9)15(14)18-17-12-7-10(19(23)24)8-13(16(12)22)20(25)26;20-14-8-6-11(19(22)23)9-13(14)17-18-16-12-4-2-1-3-10(12)5-7-15(16)21;/h1-8,21-22H;1-9,20-21H;. The van der Waals surface area contributed by atoms with Gasteiger partial charge in [-0.25, -0.2) is 0 Å². The normalized spacial score (nSPS) is 10.9. The van der Waals surface area contributed by atoms with Crippen LogP contribution in [0, 0.1) is 30.3 Å². The smallest absolute Gasteiger partial charge is 0.319 e. The Bertz CT molecular complexity index is 2350. The molecule has 0 aromatic heterocycles. The Balaban J connectivity index is 0.000000222. The zero-order valence-electron chi connectivity index (χ0n) is 25.0. The van der Waals surface area contributed by atoms with Crippen molar-refractivity contribution in [3.8, 4) is 23.0 Å². The van der Waals surface area contributed by atoms with E-state index in [4.69, 9.17) is 0 Å². The van der Waals surface area contributed by atoms with Gasteiger partial charge in [0.25, 0.3) is 11.4 Å². The first-order chi connectivity index (χ1) is 23.4. The molecule has 4 N–H and O–H groups in total. The van der Waals surface area contributed by atoms with E-state index in [1.54, 1.807) is 48.5 Å². The van der Waals surface area contributed by atoms with Crippen LogP contribution < -0.4 is 0 Å². The Hall–Kier alpha value is -7.04. The number of phenolic OH excluding ortho intramolecular Hbond substituents is 4. The van der Waals surface area contributed by atoms with Crippen molar-refractivity contribution in [2.45, 2.75) is 0 Å². The number of nitro groups is 3. The number of benzene rings is 6. The number of nitro benzene ring substituents is 3. The molecule has 0 aliphatic carbocycles. The minimum absolute atomic E-state index is 0. The summed E-state index contributed by atoms with van der Waals surface area (Å²) in [6.07, 6.45) is 0. The van der Waals surface area contributed by atoms with E-state index in [1.165, 1.54) is 24.3 Å². The molecule has 50 heavy (non-hydrogen) atoms. The molecule has 252 valence electrons. The second-order valence-corrected chi connectivity index (χ2v) is 9.99. The van der Waals surface area contributed by atoms with Gasteiger partial charge < -0.3 is 20.4 Å². The van der Waals surface area contributed by atoms with Crippen LogP contribution in [0.4, 0.5) is 39.8 Å². The summed E-state index contributed by atoms with van der Waals surface area (Å²) in [6.45, 7) is 0. The topological polar surface area (TPSA) is 260 Å². The van der Waals surface area contributed by atoms with Crippen molar-refractivity contribution in [3.63, 3.8) is 0 Å². The molecule has 6 aromatic carbocycles. The van der Waals surface area contributed by atoms with Crippen LogP contribution in [0.15, 0.2) is 124 Å². The Labute approximate surface area is 290 Å². The number of non-ortho nitro benzene ring substituents is 2. The molecule has 0 heterocycles. The van der Waals surface area contributed by atoms with E-state index in [-0.39, 0.29) is 57.1 Å². The van der Waals surface area contributed by atoms with Crippen LogP contribution in [-0.4, -0.2) is 35.2 Å². The van der Waals surface area contributed by atoms with Crippen LogP contribution in [0.2, 0.25) is 0 Å². The van der Waals surface area contributed by atoms with Crippen LogP contribution in [0.5, 0.6) is 23.0 Å². The first-order valence-electron chi connectivity index (χ1n) is 13.8. The van der Waals surface area contributed by atoms with Crippen LogP contribution >= 0.6 is 0 Å². The first kappa shape index (κ1) is 35.8. The summed E-state index contributed by atoms with van der Waals surface area (Å²) in [7, 11) is 0. The van der Waals surface area contributed by atoms with Gasteiger partial charge in [0.2, 0.25) is 5.75 Å². The maximum Gasteiger partial charge on any atom is 0.319 e. The van der Waals surface area contributed by atoms with Gasteiger partial charge in [-0.05, 0) is 29.0 Å². The number of fused-ring (bicyclic) bond motifs is 2. The van der Waals surface area contributed by atoms with Crippen molar-refractivity contribution in [1.29, 1.82) is 0 Å². The first-order valence-corrected chi connectivity index (χ1v) is 13.8. The maximum absolute atomic E-state index is 11.0. The summed E-state index contributed by atoms with van der Waals surface area (Å²) < 4.78 is 0. The van der Waals surface area contributed by atoms with Crippen molar-refractivity contribution in [2.75, 3.05) is 0 Å². The molecule has 0 spiro atoms. The van der Waals surface area contributed by atoms with Gasteiger partial charge in [-0.1, -0.05) is 60.7 Å². The minimum Gasteiger partial charge on any atom is -0.506 e. The van der Waals surface area contributed by atoms with Gasteiger partial charge >= 0.3 is 5.69 Å². The minimum atomic E-state index is -0.962. The zero-order chi connectivity index (χ0) is 35.2. The largest absolute Gasteiger partial charge is 0.506 e. The SMILES string of the molecule is O=[N+]([O-])c1cc(N=Nc2c(O)ccc3ccccc23)c(O)c([N+](=O)[O-])c1.O=[N+]([O-])c1ccc(O)c(N=Nc2c(O)ccc3ccccc23)c1.[Fe]. The molecule has 0 aliphatic rings. The van der Waals surface area contributed by atoms with Crippen molar-refractivity contribution in [2.24, 2.45) is 20.5 Å². The fraction of sp³-hybridized carbons (Fsp3) is 0. The number of azo groups is 2. The molecule has 0 unspecified atom stereocenters. The molecule has 18 heteroatoms. The molecule has 0 aliphatic heterocycles. The quantitative estimate of drug-likeness (QED) is 0.0526. The van der Waals surface area contributed by atoms with Gasteiger partial charge in [0, 0.05) is 46.0 Å². The van der Waals surface area contributed by atoms with E-state index in [0.29, 0.717) is 16.8 Å². The fourth-order valence-corrected chi connectivity index (χ4v) is 4.52. The second-order valence-electron chi connectivity index (χ2n) is 9.99. The van der Waals surface area contributed by atoms with Gasteiger partial charge in [0.05, 0.1) is 20.8 Å². The third kappa shape index (κ3) is 7.73. The van der Waals surface area contributed by atoms with E-state index >= 15 is 0 Å². The molecule has 0 saturated carbocycles. The third-order valence-electron chi connectivity index (χ3n) is 6.91. The summed E-state index contributed by atoms with van der Waals surface area (Å²) >= 11 is 0. The van der Waals surface area contributed by atoms with Crippen LogP contribution in [0.1, 0.15) is 0 Å². The average Bonchev–Trinajstić information content (AvgIpc) is 3.08. The number of phenols is 4. The molecule has 17 nitrogen and oxygen atoms in total. The van der Waals surface area contributed by atoms with Crippen LogP contribution in [0.25, 0.3) is 21.5 Å². The summed E-state index contributed by atoms with van der Waals surface area (Å²) in [6, 6.07) is 25.5. The van der Waals surface area contributed by atoms with E-state index < -0.39 is 37.6 Å². The van der Waals surface area contributed by atoms with Gasteiger partial charge in [0.15, 0.2) is 0 Å². The molecule has 0 saturated heterocycles. The molecule has 0 radical (unpaired) electrons. The molecule has 0 bridgehead atoms. The number of aromatic hydroxyl groups is 4. The average molecular weight is 719 g/mol. The molecule has 6 rings (SSSR count). The predicted molar refractivity (Wildman–Crippen MR) is 176 cm³/mol. The van der Waals surface area contributed by atoms with Crippen molar-refractivity contribution in [3.05, 3.63) is 133 Å². The van der Waals surface area contributed by atoms with Crippen LogP contribution in [-0.2, 0) is 17.1 Å². The molecule has 0 amide bonds. The Kier molecular flexibility index (Phi) is 10.9. The monoisotopic (exact) mass is 719 g/mol. The van der Waals surface area contributed by atoms with Crippen molar-refractivity contribution >= 4 is 61.4 Å². The van der Waals surface area contributed by atoms with Crippen molar-refractivity contribution in [1.82, 2.24) is 0 Å². The molecule has 0 fully saturated rings. The summed E-state index contributed by atoms with van der Waals surface area (Å²) in [5.74, 6) is -1.37. The number of hydrogen-bond donors (Lipinski definition) is 4. The zero-order valence-corrected chi connectivity index (χ0v) is 26.1. The maximum atomic E-state index is 11.0. The fourth-order valence-electron chi connectivity index (χ4n) is 4.52. The molecule has 6 aromatic rings. The summed E-state index contributed by atoms with van der Waals surface area (Å²) in [5.41, 5.74) is -1.91. The summed E-state index contributed by atoms with van der Waals surface area (Å²) in [4.78, 5) is 30.3. The van der Waals surface area contributed by atoms with Crippen LogP contribution in [0.3, 0.4) is 0 Å². The van der Waals surface area contributed by atoms with Gasteiger partial charge in [-0.3, -0.25) is 30.3 Å². The number of nitrogens with zero attached hydrogens (tertiary/aromatic N) is 7. The molecular weight excluding hydrogens is 698 g/mol. The Morgan fingerprint density at radius 2 is 0.940 bits per heavy atom. The van der Waals surface area contributed by atoms with E-state index in [9.17, 15) is 50.8 Å². The van der Waals surface area contributed by atoms with Crippen molar-refractivity contribution < 1.29 is 52.3 Å². The van der Waals surface area contributed by atoms with Gasteiger partial charge in [-0.15, -0.1) is 20.5 Å². The second kappa shape index (κ2) is 15.2. The molecular formula is C32H21FeN7O10. The Morgan fingerprint density at radius 3 is 1.44 bits per heavy atom. The summed E-state index contributed by atoms with van der Waals surface area (Å²) in [5, 5.41) is 90.5. The number of rotatable bonds is 7. The molecule has 0 atom stereocenters. The number of hydrogen-bond acceptors (Lipinski definition) is 14. The van der Waals surface area contributed by atoms with E-state index in [1.807, 2.05) is 12.1 Å². The van der Waals surface area contributed by atoms with Gasteiger partial charge in [-0.2, -0.15) is 0 Å². The van der Waals surface area contributed by atoms with E-state index in [2.05, 4.69) is 20.5 Å².